The van der Waals surface area contributed by atoms with Gasteiger partial charge < -0.3 is 15.1 Å². The van der Waals surface area contributed by atoms with E-state index >= 15 is 0 Å². The third kappa shape index (κ3) is 5.31. The molecule has 3 rings (SSSR count). The summed E-state index contributed by atoms with van der Waals surface area (Å²) in [5.41, 5.74) is 2.51. The fourth-order valence-corrected chi connectivity index (χ4v) is 5.03. The highest BCUT2D eigenvalue weighted by Gasteiger charge is 2.30. The minimum Gasteiger partial charge on any atom is -0.478 e. The predicted octanol–water partition coefficient (Wildman–Crippen LogP) is 5.18. The third-order valence-corrected chi connectivity index (χ3v) is 6.59. The molecule has 0 spiro atoms. The zero-order valence-corrected chi connectivity index (χ0v) is 18.3. The Bertz CT molecular complexity index is 964. The molecule has 0 radical (unpaired) electrons. The zero-order chi connectivity index (χ0) is 22.7. The summed E-state index contributed by atoms with van der Waals surface area (Å²) in [6.45, 7) is 1.75. The van der Waals surface area contributed by atoms with Crippen molar-refractivity contribution in [2.75, 3.05) is 14.1 Å². The van der Waals surface area contributed by atoms with E-state index in [9.17, 15) is 24.2 Å². The minimum absolute atomic E-state index is 0.0189. The Kier molecular flexibility index (Phi) is 7.11. The maximum Gasteiger partial charge on any atom is 0.335 e. The van der Waals surface area contributed by atoms with Crippen molar-refractivity contribution in [2.24, 2.45) is 11.8 Å². The van der Waals surface area contributed by atoms with E-state index in [4.69, 9.17) is 0 Å². The summed E-state index contributed by atoms with van der Waals surface area (Å²) in [5, 5.41) is 18.8. The second-order valence-corrected chi connectivity index (χ2v) is 8.87. The first-order valence-electron chi connectivity index (χ1n) is 10.7. The van der Waals surface area contributed by atoms with Crippen LogP contribution in [-0.2, 0) is 6.42 Å². The fraction of sp³-hybridized carbons (Fsp3) is 0.440. The molecular weight excluding hydrogens is 397 g/mol. The molecule has 2 aromatic carbocycles. The van der Waals surface area contributed by atoms with Gasteiger partial charge in [0.15, 0.2) is 0 Å². The topological polar surface area (TPSA) is 77.8 Å². The quantitative estimate of drug-likeness (QED) is 0.636. The second kappa shape index (κ2) is 9.60. The molecule has 1 saturated carbocycles. The van der Waals surface area contributed by atoms with E-state index in [-0.39, 0.29) is 23.0 Å². The van der Waals surface area contributed by atoms with Gasteiger partial charge in [0.1, 0.15) is 5.82 Å². The Morgan fingerprint density at radius 3 is 2.29 bits per heavy atom. The maximum absolute atomic E-state index is 13.8. The van der Waals surface area contributed by atoms with E-state index in [1.54, 1.807) is 25.1 Å². The molecule has 1 atom stereocenters. The van der Waals surface area contributed by atoms with Gasteiger partial charge in [0.25, 0.3) is 0 Å². The van der Waals surface area contributed by atoms with Crippen LogP contribution < -0.4 is 0 Å². The first-order chi connectivity index (χ1) is 14.7. The van der Waals surface area contributed by atoms with Crippen LogP contribution in [0.1, 0.15) is 69.1 Å². The van der Waals surface area contributed by atoms with Crippen LogP contribution in [0.5, 0.6) is 0 Å². The van der Waals surface area contributed by atoms with Gasteiger partial charge in [-0.2, -0.15) is 0 Å². The number of hydrogen-bond acceptors (Lipinski definition) is 3. The fourth-order valence-electron chi connectivity index (χ4n) is 5.03. The Balaban J connectivity index is 1.74. The number of aromatic carboxylic acids is 2. The second-order valence-electron chi connectivity index (χ2n) is 8.87. The van der Waals surface area contributed by atoms with E-state index in [1.165, 1.54) is 12.1 Å². The van der Waals surface area contributed by atoms with Crippen molar-refractivity contribution < 1.29 is 24.2 Å². The van der Waals surface area contributed by atoms with Crippen LogP contribution in [-0.4, -0.2) is 41.1 Å². The van der Waals surface area contributed by atoms with Crippen LogP contribution in [0.25, 0.3) is 0 Å². The molecule has 0 heterocycles. The van der Waals surface area contributed by atoms with E-state index in [2.05, 4.69) is 4.90 Å². The lowest BCUT2D eigenvalue weighted by Crippen LogP contribution is -2.31. The van der Waals surface area contributed by atoms with Gasteiger partial charge in [-0.05, 0) is 106 Å². The smallest absolute Gasteiger partial charge is 0.335 e. The SMILES string of the molecule is Cc1c(CC2CCC(C(c3cccc(F)c3)N(C)C)CC2)cc(C(=O)O)cc1C(=O)O. The van der Waals surface area contributed by atoms with Crippen molar-refractivity contribution in [1.29, 1.82) is 0 Å². The number of hydrogen-bond donors (Lipinski definition) is 2. The van der Waals surface area contributed by atoms with Crippen molar-refractivity contribution >= 4 is 11.9 Å². The highest BCUT2D eigenvalue weighted by molar-refractivity contribution is 5.95. The summed E-state index contributed by atoms with van der Waals surface area (Å²) < 4.78 is 13.8. The molecule has 1 fully saturated rings. The molecular formula is C25H30FNO4. The van der Waals surface area contributed by atoms with Crippen LogP contribution in [0, 0.1) is 24.6 Å². The van der Waals surface area contributed by atoms with Crippen molar-refractivity contribution in [2.45, 2.75) is 45.1 Å². The minimum atomic E-state index is -1.11. The molecule has 0 saturated heterocycles. The molecule has 1 aliphatic rings. The number of nitrogens with zero attached hydrogens (tertiary/aromatic N) is 1. The van der Waals surface area contributed by atoms with Crippen LogP contribution in [0.2, 0.25) is 0 Å². The zero-order valence-electron chi connectivity index (χ0n) is 18.3. The third-order valence-electron chi connectivity index (χ3n) is 6.59. The van der Waals surface area contributed by atoms with Gasteiger partial charge in [0.2, 0.25) is 0 Å². The normalized spacial score (nSPS) is 19.9. The molecule has 1 aliphatic carbocycles. The molecule has 6 heteroatoms. The van der Waals surface area contributed by atoms with Crippen LogP contribution in [0.15, 0.2) is 36.4 Å². The number of carbonyl (C=O) groups is 2. The van der Waals surface area contributed by atoms with Crippen LogP contribution in [0.3, 0.4) is 0 Å². The first kappa shape index (κ1) is 22.9. The van der Waals surface area contributed by atoms with Gasteiger partial charge in [-0.1, -0.05) is 12.1 Å². The predicted molar refractivity (Wildman–Crippen MR) is 117 cm³/mol. The number of rotatable bonds is 7. The van der Waals surface area contributed by atoms with Crippen LogP contribution >= 0.6 is 0 Å². The Morgan fingerprint density at radius 2 is 1.74 bits per heavy atom. The molecule has 0 aliphatic heterocycles. The van der Waals surface area contributed by atoms with Gasteiger partial charge >= 0.3 is 11.9 Å². The molecule has 31 heavy (non-hydrogen) atoms. The maximum atomic E-state index is 13.8. The molecule has 0 bridgehead atoms. The van der Waals surface area contributed by atoms with Crippen molar-refractivity contribution in [1.82, 2.24) is 4.90 Å². The standard InChI is InChI=1S/C25H30FNO4/c1-15-19(12-20(24(28)29)14-22(15)25(30)31)11-16-7-9-17(10-8-16)23(27(2)3)18-5-4-6-21(26)13-18/h4-6,12-14,16-17,23H,7-11H2,1-3H3,(H,28,29)(H,30,31). The number of halogens is 1. The summed E-state index contributed by atoms with van der Waals surface area (Å²) in [4.78, 5) is 25.2. The average Bonchev–Trinajstić information content (AvgIpc) is 2.70. The first-order valence-corrected chi connectivity index (χ1v) is 10.7. The van der Waals surface area contributed by atoms with Crippen molar-refractivity contribution in [3.63, 3.8) is 0 Å². The monoisotopic (exact) mass is 427 g/mol. The Hall–Kier alpha value is -2.73. The van der Waals surface area contributed by atoms with Gasteiger partial charge in [0, 0.05) is 6.04 Å². The van der Waals surface area contributed by atoms with Gasteiger partial charge in [0.05, 0.1) is 11.1 Å². The molecule has 166 valence electrons. The Morgan fingerprint density at radius 1 is 1.06 bits per heavy atom. The molecule has 5 nitrogen and oxygen atoms in total. The number of benzene rings is 2. The summed E-state index contributed by atoms with van der Waals surface area (Å²) in [7, 11) is 4.05. The highest BCUT2D eigenvalue weighted by atomic mass is 19.1. The average molecular weight is 428 g/mol. The van der Waals surface area contributed by atoms with E-state index in [1.807, 2.05) is 20.2 Å². The summed E-state index contributed by atoms with van der Waals surface area (Å²) in [6.07, 6.45) is 4.61. The highest BCUT2D eigenvalue weighted by Crippen LogP contribution is 2.40. The van der Waals surface area contributed by atoms with Crippen molar-refractivity contribution in [3.8, 4) is 0 Å². The molecule has 0 amide bonds. The van der Waals surface area contributed by atoms with Crippen LogP contribution in [0.4, 0.5) is 4.39 Å². The van der Waals surface area contributed by atoms with Crippen molar-refractivity contribution in [3.05, 3.63) is 70.0 Å². The van der Waals surface area contributed by atoms with Gasteiger partial charge in [-0.3, -0.25) is 0 Å². The lowest BCUT2D eigenvalue weighted by Gasteiger charge is -2.38. The summed E-state index contributed by atoms with van der Waals surface area (Å²) >= 11 is 0. The number of carboxylic acid groups (broad SMARTS) is 2. The van der Waals surface area contributed by atoms with E-state index in [0.717, 1.165) is 36.8 Å². The Labute approximate surface area is 182 Å². The van der Waals surface area contributed by atoms with E-state index < -0.39 is 11.9 Å². The number of carboxylic acids is 2. The summed E-state index contributed by atoms with van der Waals surface area (Å²) in [6, 6.07) is 9.82. The van der Waals surface area contributed by atoms with Gasteiger partial charge in [-0.15, -0.1) is 0 Å². The molecule has 1 unspecified atom stereocenters. The molecule has 2 aromatic rings. The molecule has 2 N–H and O–H groups in total. The summed E-state index contributed by atoms with van der Waals surface area (Å²) in [5.74, 6) is -1.66. The van der Waals surface area contributed by atoms with E-state index in [0.29, 0.717) is 23.8 Å². The molecule has 0 aromatic heterocycles. The lowest BCUT2D eigenvalue weighted by molar-refractivity contribution is 0.0695. The lowest BCUT2D eigenvalue weighted by atomic mass is 9.74. The van der Waals surface area contributed by atoms with Gasteiger partial charge in [-0.25, -0.2) is 14.0 Å². The largest absolute Gasteiger partial charge is 0.478 e.